The van der Waals surface area contributed by atoms with Crippen molar-refractivity contribution in [3.05, 3.63) is 80.4 Å². The Hall–Kier alpha value is -2.33. The maximum absolute atomic E-state index is 12.9. The number of hydrogen-bond acceptors (Lipinski definition) is 6. The van der Waals surface area contributed by atoms with E-state index in [1.165, 1.54) is 22.5 Å². The molecule has 31 heavy (non-hydrogen) atoms. The van der Waals surface area contributed by atoms with Crippen molar-refractivity contribution in [2.45, 2.75) is 11.8 Å². The zero-order chi connectivity index (χ0) is 22.4. The molecule has 1 aromatic carbocycles. The Morgan fingerprint density at radius 2 is 2.06 bits per heavy atom. The molecule has 0 atom stereocenters. The lowest BCUT2D eigenvalue weighted by molar-refractivity contribution is 0.257. The van der Waals surface area contributed by atoms with Gasteiger partial charge < -0.3 is 5.32 Å². The van der Waals surface area contributed by atoms with E-state index >= 15 is 0 Å². The van der Waals surface area contributed by atoms with Crippen LogP contribution in [0.15, 0.2) is 79.7 Å². The number of thioether (sulfide) groups is 2. The minimum absolute atomic E-state index is 0.147. The Morgan fingerprint density at radius 1 is 1.26 bits per heavy atom. The number of halogens is 1. The third-order valence-electron chi connectivity index (χ3n) is 4.06. The van der Waals surface area contributed by atoms with Gasteiger partial charge in [-0.15, -0.1) is 11.8 Å². The fraction of sp³-hybridized carbons (Fsp3) is 0.0952. The minimum Gasteiger partial charge on any atom is -0.306 e. The monoisotopic (exact) mass is 490 g/mol. The smallest absolute Gasteiger partial charge is 0.306 e. The highest BCUT2D eigenvalue weighted by Gasteiger charge is 2.09. The highest BCUT2D eigenvalue weighted by molar-refractivity contribution is 8.24. The van der Waals surface area contributed by atoms with Crippen LogP contribution in [0.2, 0.25) is 0 Å². The van der Waals surface area contributed by atoms with Crippen LogP contribution in [0.5, 0.6) is 0 Å². The Labute approximate surface area is 197 Å². The van der Waals surface area contributed by atoms with Crippen molar-refractivity contribution >= 4 is 69.6 Å². The van der Waals surface area contributed by atoms with Gasteiger partial charge in [-0.1, -0.05) is 42.1 Å². The van der Waals surface area contributed by atoms with E-state index in [9.17, 15) is 9.59 Å². The number of amides is 2. The molecule has 0 spiro atoms. The van der Waals surface area contributed by atoms with Gasteiger partial charge in [0.2, 0.25) is 0 Å². The van der Waals surface area contributed by atoms with Crippen LogP contribution in [0, 0.1) is 0 Å². The summed E-state index contributed by atoms with van der Waals surface area (Å²) in [5.41, 5.74) is 0.344. The van der Waals surface area contributed by atoms with Gasteiger partial charge in [-0.25, -0.2) is 9.78 Å². The molecule has 6 nitrogen and oxygen atoms in total. The molecule has 3 rings (SSSR count). The zero-order valence-corrected chi connectivity index (χ0v) is 19.9. The molecule has 2 aromatic heterocycles. The lowest BCUT2D eigenvalue weighted by Gasteiger charge is -2.10. The summed E-state index contributed by atoms with van der Waals surface area (Å²) in [7, 11) is 0. The maximum atomic E-state index is 12.9. The molecule has 0 aliphatic rings. The molecule has 0 aliphatic heterocycles. The lowest BCUT2D eigenvalue weighted by Crippen LogP contribution is -2.23. The number of pyridine rings is 2. The quantitative estimate of drug-likeness (QED) is 0.304. The maximum Gasteiger partial charge on any atom is 0.329 e. The molecule has 160 valence electrons. The van der Waals surface area contributed by atoms with Crippen molar-refractivity contribution in [2.75, 3.05) is 11.6 Å². The molecule has 0 saturated heterocycles. The Kier molecular flexibility index (Phi) is 8.14. The first-order valence-corrected chi connectivity index (χ1v) is 12.2. The lowest BCUT2D eigenvalue weighted by atomic mass is 10.2. The Bertz CT molecular complexity index is 1210. The van der Waals surface area contributed by atoms with Crippen LogP contribution in [0.4, 0.5) is 10.5 Å². The van der Waals surface area contributed by atoms with Gasteiger partial charge in [0.1, 0.15) is 5.82 Å². The van der Waals surface area contributed by atoms with Crippen LogP contribution in [-0.4, -0.2) is 21.8 Å². The standard InChI is InChI=1S/C21H19ClN4O2S3/c1-4-18(22)30-13(2)31-25-21(28)24-15-6-8-19(23-12-15)26-10-9-14-5-7-16(29-3)11-17(14)20(26)27/h4-12H,2H2,1,3H3,(H2,24,25,28)/b18-4-. The molecule has 0 aliphatic carbocycles. The van der Waals surface area contributed by atoms with E-state index in [1.807, 2.05) is 37.4 Å². The number of nitrogens with one attached hydrogen (secondary N) is 2. The van der Waals surface area contributed by atoms with Gasteiger partial charge >= 0.3 is 6.03 Å². The molecule has 0 unspecified atom stereocenters. The first-order chi connectivity index (χ1) is 14.9. The molecular weight excluding hydrogens is 472 g/mol. The summed E-state index contributed by atoms with van der Waals surface area (Å²) in [5, 5.41) is 4.19. The molecule has 10 heteroatoms. The van der Waals surface area contributed by atoms with Crippen LogP contribution in [0.25, 0.3) is 16.6 Å². The van der Waals surface area contributed by atoms with E-state index in [0.717, 1.165) is 22.2 Å². The summed E-state index contributed by atoms with van der Waals surface area (Å²) in [6, 6.07) is 10.6. The second kappa shape index (κ2) is 10.8. The summed E-state index contributed by atoms with van der Waals surface area (Å²) in [5.74, 6) is 0.465. The van der Waals surface area contributed by atoms with Gasteiger partial charge in [0, 0.05) is 16.5 Å². The number of carbonyl (C=O) groups excluding carboxylic acids is 1. The predicted octanol–water partition coefficient (Wildman–Crippen LogP) is 6.18. The molecule has 2 heterocycles. The normalized spacial score (nSPS) is 11.4. The van der Waals surface area contributed by atoms with Gasteiger partial charge in [-0.2, -0.15) is 0 Å². The summed E-state index contributed by atoms with van der Waals surface area (Å²) in [6.45, 7) is 5.64. The minimum atomic E-state index is -0.426. The number of hydrogen-bond donors (Lipinski definition) is 2. The summed E-state index contributed by atoms with van der Waals surface area (Å²) in [4.78, 5) is 30.3. The third-order valence-corrected chi connectivity index (χ3v) is 6.91. The molecule has 0 bridgehead atoms. The van der Waals surface area contributed by atoms with Crippen molar-refractivity contribution in [1.82, 2.24) is 14.3 Å². The summed E-state index contributed by atoms with van der Waals surface area (Å²) < 4.78 is 5.32. The van der Waals surface area contributed by atoms with E-state index in [4.69, 9.17) is 11.6 Å². The van der Waals surface area contributed by atoms with Crippen LogP contribution in [-0.2, 0) is 0 Å². The van der Waals surface area contributed by atoms with E-state index in [1.54, 1.807) is 36.2 Å². The largest absolute Gasteiger partial charge is 0.329 e. The van der Waals surface area contributed by atoms with Gasteiger partial charge in [0.15, 0.2) is 0 Å². The van der Waals surface area contributed by atoms with Crippen molar-refractivity contribution in [2.24, 2.45) is 0 Å². The topological polar surface area (TPSA) is 76.0 Å². The first-order valence-electron chi connectivity index (χ1n) is 8.99. The van der Waals surface area contributed by atoms with E-state index in [0.29, 0.717) is 25.5 Å². The fourth-order valence-corrected chi connectivity index (χ4v) is 4.59. The number of carbonyl (C=O) groups is 1. The Balaban J connectivity index is 1.69. The highest BCUT2D eigenvalue weighted by atomic mass is 35.5. The average Bonchev–Trinajstić information content (AvgIpc) is 2.78. The van der Waals surface area contributed by atoms with Gasteiger partial charge in [0.05, 0.1) is 20.5 Å². The molecule has 2 N–H and O–H groups in total. The van der Waals surface area contributed by atoms with E-state index in [2.05, 4.69) is 21.6 Å². The Morgan fingerprint density at radius 3 is 2.74 bits per heavy atom. The number of rotatable bonds is 7. The van der Waals surface area contributed by atoms with E-state index < -0.39 is 6.03 Å². The summed E-state index contributed by atoms with van der Waals surface area (Å²) >= 11 is 9.83. The average molecular weight is 491 g/mol. The second-order valence-corrected chi connectivity index (χ2v) is 9.88. The highest BCUT2D eigenvalue weighted by Crippen LogP contribution is 2.33. The fourth-order valence-electron chi connectivity index (χ4n) is 2.58. The third kappa shape index (κ3) is 6.10. The van der Waals surface area contributed by atoms with Gasteiger partial charge in [0.25, 0.3) is 5.56 Å². The van der Waals surface area contributed by atoms with Crippen LogP contribution in [0.1, 0.15) is 6.92 Å². The molecule has 0 fully saturated rings. The van der Waals surface area contributed by atoms with Crippen LogP contribution < -0.4 is 15.6 Å². The molecule has 3 aromatic rings. The van der Waals surface area contributed by atoms with Crippen molar-refractivity contribution in [1.29, 1.82) is 0 Å². The zero-order valence-electron chi connectivity index (χ0n) is 16.7. The van der Waals surface area contributed by atoms with Gasteiger partial charge in [-0.3, -0.25) is 14.1 Å². The molecule has 0 saturated carbocycles. The van der Waals surface area contributed by atoms with Crippen molar-refractivity contribution in [3.63, 3.8) is 0 Å². The van der Waals surface area contributed by atoms with Gasteiger partial charge in [-0.05, 0) is 60.8 Å². The summed E-state index contributed by atoms with van der Waals surface area (Å²) in [6.07, 6.45) is 6.90. The van der Waals surface area contributed by atoms with Crippen molar-refractivity contribution < 1.29 is 4.79 Å². The molecule has 2 amide bonds. The molecular formula is C21H19ClN4O2S3. The first kappa shape index (κ1) is 23.3. The number of nitrogens with zero attached hydrogens (tertiary/aromatic N) is 2. The number of benzene rings is 1. The molecule has 0 radical (unpaired) electrons. The van der Waals surface area contributed by atoms with Crippen LogP contribution in [0.3, 0.4) is 0 Å². The van der Waals surface area contributed by atoms with E-state index in [-0.39, 0.29) is 5.56 Å². The SMILES string of the molecule is C=C(SNC(=O)Nc1ccc(-n2ccc3ccc(SC)cc3c2=O)nc1)S/C(Cl)=C\C. The second-order valence-electron chi connectivity index (χ2n) is 6.07. The number of allylic oxidation sites excluding steroid dienone is 1. The van der Waals surface area contributed by atoms with Crippen molar-refractivity contribution in [3.8, 4) is 5.82 Å². The number of urea groups is 1. The number of fused-ring (bicyclic) bond motifs is 1. The predicted molar refractivity (Wildman–Crippen MR) is 135 cm³/mol. The number of anilines is 1. The number of aromatic nitrogens is 2. The van der Waals surface area contributed by atoms with Crippen LogP contribution >= 0.6 is 47.1 Å².